The number of piperazine rings is 1. The Labute approximate surface area is 340 Å². The summed E-state index contributed by atoms with van der Waals surface area (Å²) in [6, 6.07) is 17.8. The number of aldehydes is 1. The van der Waals surface area contributed by atoms with Gasteiger partial charge in [0.05, 0.1) is 27.0 Å². The summed E-state index contributed by atoms with van der Waals surface area (Å²) in [5.41, 5.74) is 7.74. The van der Waals surface area contributed by atoms with Crippen molar-refractivity contribution in [2.75, 3.05) is 45.2 Å². The van der Waals surface area contributed by atoms with Crippen LogP contribution < -0.4 is 21.3 Å². The van der Waals surface area contributed by atoms with Crippen LogP contribution in [0.3, 0.4) is 0 Å². The van der Waals surface area contributed by atoms with E-state index in [9.17, 15) is 14.0 Å². The third-order valence-electron chi connectivity index (χ3n) is 10.1. The molecule has 11 nitrogen and oxygen atoms in total. The minimum absolute atomic E-state index is 0.164. The average molecular weight is 799 g/mol. The number of fused-ring (bicyclic) bond motifs is 1. The first-order chi connectivity index (χ1) is 27.8. The van der Waals surface area contributed by atoms with Crippen LogP contribution in [-0.4, -0.2) is 83.8 Å². The summed E-state index contributed by atoms with van der Waals surface area (Å²) in [5, 5.41) is 18.8. The van der Waals surface area contributed by atoms with E-state index in [-0.39, 0.29) is 11.7 Å². The first-order valence-electron chi connectivity index (χ1n) is 20.3. The summed E-state index contributed by atoms with van der Waals surface area (Å²) in [4.78, 5) is 32.0. The molecule has 5 aromatic rings. The fourth-order valence-electron chi connectivity index (χ4n) is 7.25. The van der Waals surface area contributed by atoms with Gasteiger partial charge < -0.3 is 26.0 Å². The fourth-order valence-corrected chi connectivity index (χ4v) is 7.99. The van der Waals surface area contributed by atoms with Crippen LogP contribution in [0.4, 0.5) is 10.1 Å². The molecule has 1 atom stereocenters. The Morgan fingerprint density at radius 3 is 2.58 bits per heavy atom. The van der Waals surface area contributed by atoms with Crippen molar-refractivity contribution < 1.29 is 18.7 Å². The maximum absolute atomic E-state index is 14.3. The maximum Gasteiger partial charge on any atom is 0.261 e. The normalized spacial score (nSPS) is 15.9. The van der Waals surface area contributed by atoms with Gasteiger partial charge in [-0.05, 0) is 87.2 Å². The lowest BCUT2D eigenvalue weighted by atomic mass is 10.00. The van der Waals surface area contributed by atoms with Crippen molar-refractivity contribution in [3.63, 3.8) is 0 Å². The molecule has 2 aromatic carbocycles. The number of amides is 1. The number of hydrogen-bond acceptors (Lipinski definition) is 10. The highest BCUT2D eigenvalue weighted by atomic mass is 32.1. The molecule has 0 aliphatic carbocycles. The second-order valence-electron chi connectivity index (χ2n) is 14.1. The number of halogens is 1. The van der Waals surface area contributed by atoms with Gasteiger partial charge in [-0.15, -0.1) is 11.3 Å². The molecule has 2 aliphatic heterocycles. The van der Waals surface area contributed by atoms with Gasteiger partial charge >= 0.3 is 0 Å². The van der Waals surface area contributed by atoms with Crippen molar-refractivity contribution in [1.82, 2.24) is 35.6 Å². The van der Waals surface area contributed by atoms with Gasteiger partial charge in [0, 0.05) is 87.9 Å². The standard InChI is InChI=1S/C22H27N5O3S.C20H26FN3.C2H6/c1-3-18-16(11-23-22(29)19-6-5-15(13-28)31-19)20(25-14-7-9-30-10-8-14)17-12-24-27(4-2)21(17)26-18;1-15-13-24(9-8-23-15)14-17-4-3-5-18(10-17)19-11-16(12-22-2)6-7-20(19)21;1-2/h5-6,12-14H,3-4,7-11H2,1-2H3,(H,23,29)(H,25,26);3-7,10-11,15,22-23H,8-9,12-14H2,1-2H3;1-2H3. The first kappa shape index (κ1) is 43.6. The van der Waals surface area contributed by atoms with E-state index in [0.717, 1.165) is 117 Å². The number of nitrogens with one attached hydrogen (secondary N) is 4. The van der Waals surface area contributed by atoms with Crippen molar-refractivity contribution in [2.24, 2.45) is 0 Å². The van der Waals surface area contributed by atoms with Crippen LogP contribution in [0.25, 0.3) is 22.2 Å². The van der Waals surface area contributed by atoms with Crippen molar-refractivity contribution in [3.8, 4) is 11.1 Å². The zero-order chi connectivity index (χ0) is 40.7. The summed E-state index contributed by atoms with van der Waals surface area (Å²) in [6.07, 6.45) is 5.22. The Morgan fingerprint density at radius 2 is 1.88 bits per heavy atom. The number of thiophene rings is 1. The lowest BCUT2D eigenvalue weighted by molar-refractivity contribution is 0.0904. The summed E-state index contributed by atoms with van der Waals surface area (Å²) < 4.78 is 21.7. The van der Waals surface area contributed by atoms with Gasteiger partial charge in [0.15, 0.2) is 11.9 Å². The molecule has 2 saturated heterocycles. The monoisotopic (exact) mass is 798 g/mol. The Morgan fingerprint density at radius 1 is 1.07 bits per heavy atom. The lowest BCUT2D eigenvalue weighted by Crippen LogP contribution is -2.48. The van der Waals surface area contributed by atoms with Crippen LogP contribution in [0.5, 0.6) is 0 Å². The Hall–Kier alpha value is -4.53. The molecule has 7 rings (SSSR count). The van der Waals surface area contributed by atoms with Gasteiger partial charge in [-0.3, -0.25) is 14.5 Å². The molecule has 1 amide bonds. The number of aryl methyl sites for hydroxylation is 2. The van der Waals surface area contributed by atoms with Crippen molar-refractivity contribution in [3.05, 3.63) is 98.7 Å². The Kier molecular flexibility index (Phi) is 16.7. The molecule has 57 heavy (non-hydrogen) atoms. The molecule has 3 aromatic heterocycles. The second kappa shape index (κ2) is 21.8. The van der Waals surface area contributed by atoms with Crippen LogP contribution in [0.2, 0.25) is 0 Å². The maximum atomic E-state index is 14.3. The topological polar surface area (TPSA) is 125 Å². The number of carbonyl (C=O) groups is 2. The van der Waals surface area contributed by atoms with E-state index in [2.05, 4.69) is 57.2 Å². The van der Waals surface area contributed by atoms with E-state index in [4.69, 9.17) is 9.72 Å². The Bertz CT molecular complexity index is 2060. The third kappa shape index (κ3) is 11.5. The second-order valence-corrected chi connectivity index (χ2v) is 15.2. The van der Waals surface area contributed by atoms with Crippen molar-refractivity contribution >= 4 is 40.3 Å². The number of benzene rings is 2. The highest BCUT2D eigenvalue weighted by Crippen LogP contribution is 2.32. The number of pyridine rings is 1. The zero-order valence-corrected chi connectivity index (χ0v) is 35.1. The highest BCUT2D eigenvalue weighted by Gasteiger charge is 2.23. The van der Waals surface area contributed by atoms with Crippen LogP contribution in [0.1, 0.15) is 89.2 Å². The third-order valence-corrected chi connectivity index (χ3v) is 11.1. The number of nitrogens with zero attached hydrogens (tertiary/aromatic N) is 4. The molecule has 4 N–H and O–H groups in total. The molecule has 0 bridgehead atoms. The van der Waals surface area contributed by atoms with Gasteiger partial charge in [0.2, 0.25) is 0 Å². The number of anilines is 1. The van der Waals surface area contributed by atoms with Gasteiger partial charge in [-0.1, -0.05) is 45.0 Å². The van der Waals surface area contributed by atoms with E-state index in [1.54, 1.807) is 18.2 Å². The van der Waals surface area contributed by atoms with Gasteiger partial charge in [-0.25, -0.2) is 14.1 Å². The highest BCUT2D eigenvalue weighted by molar-refractivity contribution is 7.15. The molecular weight excluding hydrogens is 740 g/mol. The summed E-state index contributed by atoms with van der Waals surface area (Å²) >= 11 is 1.19. The quantitative estimate of drug-likeness (QED) is 0.0900. The van der Waals surface area contributed by atoms with E-state index in [0.29, 0.717) is 33.9 Å². The molecule has 2 fully saturated rings. The molecule has 2 aliphatic rings. The number of ether oxygens (including phenoxy) is 1. The molecule has 0 spiro atoms. The molecule has 0 radical (unpaired) electrons. The van der Waals surface area contributed by atoms with Crippen molar-refractivity contribution in [1.29, 1.82) is 0 Å². The summed E-state index contributed by atoms with van der Waals surface area (Å²) in [7, 11) is 1.90. The van der Waals surface area contributed by atoms with E-state index in [1.165, 1.54) is 16.9 Å². The van der Waals surface area contributed by atoms with Crippen LogP contribution in [-0.2, 0) is 37.3 Å². The SMILES string of the molecule is CC.CCc1nc2c(cnn2CC)c(NC2CCOCC2)c1CNC(=O)c1ccc(C=O)s1.CNCc1ccc(F)c(-c2cccc(CN3CCNC(C)C3)c2)c1. The zero-order valence-electron chi connectivity index (χ0n) is 34.3. The van der Waals surface area contributed by atoms with E-state index in [1.807, 2.05) is 63.0 Å². The van der Waals surface area contributed by atoms with Gasteiger partial charge in [0.25, 0.3) is 5.91 Å². The predicted octanol–water partition coefficient (Wildman–Crippen LogP) is 7.44. The van der Waals surface area contributed by atoms with E-state index >= 15 is 0 Å². The summed E-state index contributed by atoms with van der Waals surface area (Å²) in [5.74, 6) is -0.357. The number of carbonyl (C=O) groups excluding carboxylic acids is 2. The molecule has 1 unspecified atom stereocenters. The van der Waals surface area contributed by atoms with Crippen LogP contribution >= 0.6 is 11.3 Å². The minimum atomic E-state index is -0.193. The van der Waals surface area contributed by atoms with E-state index < -0.39 is 0 Å². The smallest absolute Gasteiger partial charge is 0.261 e. The fraction of sp³-hybridized carbons (Fsp3) is 0.455. The number of hydrogen-bond donors (Lipinski definition) is 4. The summed E-state index contributed by atoms with van der Waals surface area (Å²) in [6.45, 7) is 17.7. The molecular formula is C44H59FN8O3S. The first-order valence-corrected chi connectivity index (χ1v) is 21.1. The molecule has 5 heterocycles. The predicted molar refractivity (Wildman–Crippen MR) is 230 cm³/mol. The van der Waals surface area contributed by atoms with Gasteiger partial charge in [-0.2, -0.15) is 5.10 Å². The minimum Gasteiger partial charge on any atom is -0.381 e. The largest absolute Gasteiger partial charge is 0.381 e. The van der Waals surface area contributed by atoms with Gasteiger partial charge in [0.1, 0.15) is 5.82 Å². The lowest BCUT2D eigenvalue weighted by Gasteiger charge is -2.31. The van der Waals surface area contributed by atoms with Crippen LogP contribution in [0, 0.1) is 5.82 Å². The molecule has 13 heteroatoms. The number of aromatic nitrogens is 3. The van der Waals surface area contributed by atoms with Crippen LogP contribution in [0.15, 0.2) is 60.8 Å². The molecule has 0 saturated carbocycles. The molecule has 306 valence electrons. The Balaban J connectivity index is 0.000000215. The van der Waals surface area contributed by atoms with Crippen molar-refractivity contribution in [2.45, 2.75) is 92.1 Å². The average Bonchev–Trinajstić information content (AvgIpc) is 3.90. The number of rotatable bonds is 13.